The van der Waals surface area contributed by atoms with Gasteiger partial charge >= 0.3 is 0 Å². The third-order valence-corrected chi connectivity index (χ3v) is 3.31. The van der Waals surface area contributed by atoms with Gasteiger partial charge in [-0.15, -0.1) is 0 Å². The van der Waals surface area contributed by atoms with Gasteiger partial charge in [-0.05, 0) is 17.7 Å². The average molecular weight is 280 g/mol. The minimum Gasteiger partial charge on any atom is -0.326 e. The van der Waals surface area contributed by atoms with Crippen LogP contribution in [-0.4, -0.2) is 9.55 Å². The Bertz CT molecular complexity index is 491. The molecule has 2 rings (SSSR count). The Balaban J connectivity index is 2.45. The zero-order valence-electron chi connectivity index (χ0n) is 9.15. The molecule has 0 bridgehead atoms. The molecule has 3 nitrogen and oxygen atoms in total. The van der Waals surface area contributed by atoms with Crippen LogP contribution >= 0.6 is 15.9 Å². The number of aromatic nitrogens is 2. The summed E-state index contributed by atoms with van der Waals surface area (Å²) >= 11 is 3.53. The fourth-order valence-electron chi connectivity index (χ4n) is 1.68. The molecule has 0 spiro atoms. The van der Waals surface area contributed by atoms with E-state index in [1.54, 1.807) is 0 Å². The maximum atomic E-state index is 5.63. The number of hydrogen-bond acceptors (Lipinski definition) is 2. The van der Waals surface area contributed by atoms with Crippen LogP contribution in [-0.2, 0) is 13.0 Å². The molecule has 2 aromatic rings. The Kier molecular flexibility index (Phi) is 3.41. The smallest absolute Gasteiger partial charge is 0.112 e. The van der Waals surface area contributed by atoms with Gasteiger partial charge in [-0.3, -0.25) is 0 Å². The first-order chi connectivity index (χ1) is 7.76. The van der Waals surface area contributed by atoms with E-state index in [1.165, 1.54) is 0 Å². The lowest BCUT2D eigenvalue weighted by molar-refractivity contribution is 0.889. The minimum absolute atomic E-state index is 0.547. The van der Waals surface area contributed by atoms with E-state index in [1.807, 2.05) is 18.5 Å². The SMILES string of the molecule is CCc1nccn1-c1ccc(CN)c(Br)c1. The number of imidazole rings is 1. The van der Waals surface area contributed by atoms with E-state index in [0.29, 0.717) is 6.54 Å². The molecule has 0 atom stereocenters. The maximum absolute atomic E-state index is 5.63. The number of nitrogens with zero attached hydrogens (tertiary/aromatic N) is 2. The van der Waals surface area contributed by atoms with Gasteiger partial charge < -0.3 is 10.3 Å². The molecular weight excluding hydrogens is 266 g/mol. The molecule has 0 amide bonds. The highest BCUT2D eigenvalue weighted by atomic mass is 79.9. The van der Waals surface area contributed by atoms with Crippen LogP contribution in [0.25, 0.3) is 5.69 Å². The minimum atomic E-state index is 0.547. The van der Waals surface area contributed by atoms with Crippen molar-refractivity contribution < 1.29 is 0 Å². The second-order valence-electron chi connectivity index (χ2n) is 3.55. The van der Waals surface area contributed by atoms with Crippen molar-refractivity contribution >= 4 is 15.9 Å². The third-order valence-electron chi connectivity index (χ3n) is 2.57. The van der Waals surface area contributed by atoms with Gasteiger partial charge in [0.15, 0.2) is 0 Å². The first kappa shape index (κ1) is 11.4. The lowest BCUT2D eigenvalue weighted by Crippen LogP contribution is -2.01. The third kappa shape index (κ3) is 2.03. The predicted octanol–water partition coefficient (Wildman–Crippen LogP) is 2.66. The Labute approximate surface area is 103 Å². The summed E-state index contributed by atoms with van der Waals surface area (Å²) in [5.41, 5.74) is 7.85. The molecule has 1 aromatic heterocycles. The van der Waals surface area contributed by atoms with E-state index in [4.69, 9.17) is 5.73 Å². The summed E-state index contributed by atoms with van der Waals surface area (Å²) in [6.45, 7) is 2.65. The molecular formula is C12H14BrN3. The summed E-state index contributed by atoms with van der Waals surface area (Å²) in [5.74, 6) is 1.06. The molecule has 84 valence electrons. The molecule has 0 radical (unpaired) electrons. The standard InChI is InChI=1S/C12H14BrN3/c1-2-12-15-5-6-16(12)10-4-3-9(8-14)11(13)7-10/h3-7H,2,8,14H2,1H3. The fraction of sp³-hybridized carbons (Fsp3) is 0.250. The van der Waals surface area contributed by atoms with Crippen LogP contribution in [0.3, 0.4) is 0 Å². The van der Waals surface area contributed by atoms with Crippen LogP contribution in [0.5, 0.6) is 0 Å². The molecule has 0 fully saturated rings. The van der Waals surface area contributed by atoms with Gasteiger partial charge in [0.2, 0.25) is 0 Å². The Hall–Kier alpha value is -1.13. The molecule has 0 saturated heterocycles. The number of halogens is 1. The topological polar surface area (TPSA) is 43.8 Å². The Morgan fingerprint density at radius 1 is 1.44 bits per heavy atom. The Morgan fingerprint density at radius 2 is 2.25 bits per heavy atom. The zero-order chi connectivity index (χ0) is 11.5. The maximum Gasteiger partial charge on any atom is 0.112 e. The molecule has 0 aliphatic carbocycles. The van der Waals surface area contributed by atoms with Crippen molar-refractivity contribution in [2.45, 2.75) is 19.9 Å². The molecule has 2 N–H and O–H groups in total. The van der Waals surface area contributed by atoms with E-state index in [2.05, 4.69) is 44.5 Å². The van der Waals surface area contributed by atoms with E-state index >= 15 is 0 Å². The molecule has 1 heterocycles. The zero-order valence-corrected chi connectivity index (χ0v) is 10.7. The molecule has 0 saturated carbocycles. The highest BCUT2D eigenvalue weighted by Gasteiger charge is 2.05. The number of hydrogen-bond donors (Lipinski definition) is 1. The van der Waals surface area contributed by atoms with E-state index in [9.17, 15) is 0 Å². The van der Waals surface area contributed by atoms with Crippen molar-refractivity contribution in [2.24, 2.45) is 5.73 Å². The largest absolute Gasteiger partial charge is 0.326 e. The van der Waals surface area contributed by atoms with Crippen LogP contribution in [0.15, 0.2) is 35.1 Å². The van der Waals surface area contributed by atoms with Gasteiger partial charge in [0.25, 0.3) is 0 Å². The molecule has 16 heavy (non-hydrogen) atoms. The van der Waals surface area contributed by atoms with Gasteiger partial charge in [0, 0.05) is 35.5 Å². The van der Waals surface area contributed by atoms with E-state index in [0.717, 1.165) is 28.0 Å². The van der Waals surface area contributed by atoms with Crippen molar-refractivity contribution in [3.63, 3.8) is 0 Å². The summed E-state index contributed by atoms with van der Waals surface area (Å²) in [6.07, 6.45) is 4.72. The Morgan fingerprint density at radius 3 is 2.88 bits per heavy atom. The fourth-order valence-corrected chi connectivity index (χ4v) is 2.21. The van der Waals surface area contributed by atoms with Crippen molar-refractivity contribution in [1.82, 2.24) is 9.55 Å². The van der Waals surface area contributed by atoms with Crippen molar-refractivity contribution in [2.75, 3.05) is 0 Å². The molecule has 0 unspecified atom stereocenters. The number of aryl methyl sites for hydroxylation is 1. The normalized spacial score (nSPS) is 10.7. The molecule has 0 aliphatic heterocycles. The molecule has 1 aromatic carbocycles. The van der Waals surface area contributed by atoms with Gasteiger partial charge in [0.05, 0.1) is 0 Å². The van der Waals surface area contributed by atoms with Crippen LogP contribution in [0.4, 0.5) is 0 Å². The second kappa shape index (κ2) is 4.80. The lowest BCUT2D eigenvalue weighted by Gasteiger charge is -2.09. The first-order valence-electron chi connectivity index (χ1n) is 5.27. The average Bonchev–Trinajstić information content (AvgIpc) is 2.77. The summed E-state index contributed by atoms with van der Waals surface area (Å²) < 4.78 is 3.13. The monoisotopic (exact) mass is 279 g/mol. The van der Waals surface area contributed by atoms with Crippen LogP contribution in [0, 0.1) is 0 Å². The van der Waals surface area contributed by atoms with Crippen LogP contribution in [0.1, 0.15) is 18.3 Å². The van der Waals surface area contributed by atoms with Crippen molar-refractivity contribution in [3.8, 4) is 5.69 Å². The highest BCUT2D eigenvalue weighted by Crippen LogP contribution is 2.21. The van der Waals surface area contributed by atoms with Crippen LogP contribution in [0.2, 0.25) is 0 Å². The second-order valence-corrected chi connectivity index (χ2v) is 4.40. The van der Waals surface area contributed by atoms with Gasteiger partial charge in [-0.2, -0.15) is 0 Å². The first-order valence-corrected chi connectivity index (χ1v) is 6.06. The van der Waals surface area contributed by atoms with E-state index < -0.39 is 0 Å². The summed E-state index contributed by atoms with van der Waals surface area (Å²) in [5, 5.41) is 0. The van der Waals surface area contributed by atoms with E-state index in [-0.39, 0.29) is 0 Å². The molecule has 0 aliphatic rings. The van der Waals surface area contributed by atoms with Crippen LogP contribution < -0.4 is 5.73 Å². The summed E-state index contributed by atoms with van der Waals surface area (Å²) in [7, 11) is 0. The van der Waals surface area contributed by atoms with Crippen molar-refractivity contribution in [3.05, 3.63) is 46.5 Å². The quantitative estimate of drug-likeness (QED) is 0.939. The van der Waals surface area contributed by atoms with Gasteiger partial charge in [0.1, 0.15) is 5.82 Å². The molecule has 4 heteroatoms. The summed E-state index contributed by atoms with van der Waals surface area (Å²) in [6, 6.07) is 6.18. The van der Waals surface area contributed by atoms with Gasteiger partial charge in [-0.1, -0.05) is 28.9 Å². The lowest BCUT2D eigenvalue weighted by atomic mass is 10.2. The summed E-state index contributed by atoms with van der Waals surface area (Å²) in [4.78, 5) is 4.31. The highest BCUT2D eigenvalue weighted by molar-refractivity contribution is 9.10. The van der Waals surface area contributed by atoms with Crippen molar-refractivity contribution in [1.29, 1.82) is 0 Å². The van der Waals surface area contributed by atoms with Gasteiger partial charge in [-0.25, -0.2) is 4.98 Å². The predicted molar refractivity (Wildman–Crippen MR) is 68.5 cm³/mol. The number of rotatable bonds is 3. The number of nitrogens with two attached hydrogens (primary N) is 1. The number of benzene rings is 1.